The predicted octanol–water partition coefficient (Wildman–Crippen LogP) is -1.02. The molecule has 7 N–H and O–H groups in total. The second-order valence-electron chi connectivity index (χ2n) is 8.78. The number of anilines is 1. The number of fused-ring (bicyclic) bond motifs is 1. The van der Waals surface area contributed by atoms with Crippen LogP contribution in [0.2, 0.25) is 0 Å². The normalized spacial score (nSPS) is 23.0. The number of aromatic nitrogens is 4. The number of ether oxygens (including phenoxy) is 1. The van der Waals surface area contributed by atoms with Crippen molar-refractivity contribution in [2.45, 2.75) is 48.8 Å². The number of nitrogens with two attached hydrogens (primary N) is 2. The summed E-state index contributed by atoms with van der Waals surface area (Å²) in [6, 6.07) is 4.88. The van der Waals surface area contributed by atoms with Crippen LogP contribution in [0.4, 0.5) is 5.82 Å². The van der Waals surface area contributed by atoms with E-state index in [1.165, 1.54) is 29.4 Å². The Kier molecular flexibility index (Phi) is 9.64. The summed E-state index contributed by atoms with van der Waals surface area (Å²) in [4.78, 5) is 22.8. The van der Waals surface area contributed by atoms with Crippen molar-refractivity contribution in [1.82, 2.24) is 19.5 Å². The van der Waals surface area contributed by atoms with E-state index in [1.807, 2.05) is 13.2 Å². The number of hydrogen-bond acceptors (Lipinski definition) is 12. The van der Waals surface area contributed by atoms with E-state index >= 15 is 0 Å². The minimum Gasteiger partial charge on any atom is -0.744 e. The van der Waals surface area contributed by atoms with Crippen molar-refractivity contribution in [1.29, 1.82) is 0 Å². The van der Waals surface area contributed by atoms with Crippen molar-refractivity contribution in [3.63, 3.8) is 0 Å². The van der Waals surface area contributed by atoms with Crippen LogP contribution in [0.25, 0.3) is 11.2 Å². The predicted molar refractivity (Wildman–Crippen MR) is 138 cm³/mol. The topological polar surface area (TPSA) is 240 Å². The highest BCUT2D eigenvalue weighted by molar-refractivity contribution is 7.96. The van der Waals surface area contributed by atoms with Gasteiger partial charge in [0, 0.05) is 6.42 Å². The van der Waals surface area contributed by atoms with Gasteiger partial charge in [0.05, 0.1) is 17.5 Å². The highest BCUT2D eigenvalue weighted by Gasteiger charge is 2.46. The molecule has 3 aromatic rings. The van der Waals surface area contributed by atoms with E-state index in [2.05, 4.69) is 15.0 Å². The summed E-state index contributed by atoms with van der Waals surface area (Å²) in [5.41, 5.74) is 13.0. The van der Waals surface area contributed by atoms with E-state index in [-0.39, 0.29) is 21.6 Å². The zero-order valence-electron chi connectivity index (χ0n) is 20.6. The van der Waals surface area contributed by atoms with E-state index in [0.29, 0.717) is 29.1 Å². The maximum Gasteiger partial charge on any atom is 0.320 e. The molecule has 1 saturated heterocycles. The standard InChI is InChI=1S/C15H22N6O5S.C7H8O3S/c1-27(3-2-7(16)15(24)25)4-8-10(22)11(23)14(26-8)21-6-20-9-12(17)18-5-19-13(9)21;1-6-2-4-7(5-3-6)11(8,9)10/h5-8,10-11,14,22-23H,2-4,16H2,1H3,(H2-,17,18,19,24,25);2-5H,1H3,(H,8,9,10)/t7-,8+,10+,11+,14+,27?;/m1./s1. The fourth-order valence-electron chi connectivity index (χ4n) is 3.67. The fraction of sp³-hybridized carbons (Fsp3) is 0.455. The average molecular weight is 571 g/mol. The summed E-state index contributed by atoms with van der Waals surface area (Å²) < 4.78 is 38.6. The number of carboxylic acid groups (broad SMARTS) is 1. The Morgan fingerprint density at radius 1 is 1.21 bits per heavy atom. The summed E-state index contributed by atoms with van der Waals surface area (Å²) in [6.45, 7) is 1.82. The number of nitrogens with zero attached hydrogens (tertiary/aromatic N) is 4. The first-order valence-corrected chi connectivity index (χ1v) is 14.7. The second kappa shape index (κ2) is 12.3. The summed E-state index contributed by atoms with van der Waals surface area (Å²) in [5.74, 6) is 0.254. The molecule has 0 bridgehead atoms. The second-order valence-corrected chi connectivity index (χ2v) is 12.5. The highest BCUT2D eigenvalue weighted by Crippen LogP contribution is 2.32. The van der Waals surface area contributed by atoms with Crippen molar-refractivity contribution >= 4 is 44.0 Å². The van der Waals surface area contributed by atoms with Crippen molar-refractivity contribution < 1.29 is 37.8 Å². The number of aliphatic carboxylic acids is 1. The number of imidazole rings is 1. The molecule has 38 heavy (non-hydrogen) atoms. The molecule has 4 rings (SSSR count). The molecule has 14 nitrogen and oxygen atoms in total. The molecule has 1 aliphatic rings. The Hall–Kier alpha value is -2.86. The fourth-order valence-corrected chi connectivity index (χ4v) is 5.80. The van der Waals surface area contributed by atoms with Gasteiger partial charge in [0.1, 0.15) is 57.8 Å². The number of aliphatic hydroxyl groups is 2. The van der Waals surface area contributed by atoms with Gasteiger partial charge < -0.3 is 36.1 Å². The van der Waals surface area contributed by atoms with Crippen LogP contribution in [0.1, 0.15) is 18.2 Å². The Morgan fingerprint density at radius 2 is 1.87 bits per heavy atom. The molecular formula is C22H30N6O8S2. The van der Waals surface area contributed by atoms with Crippen LogP contribution < -0.4 is 11.5 Å². The van der Waals surface area contributed by atoms with Gasteiger partial charge in [0.15, 0.2) is 17.7 Å². The first kappa shape index (κ1) is 29.7. The zero-order valence-corrected chi connectivity index (χ0v) is 22.2. The van der Waals surface area contributed by atoms with E-state index in [4.69, 9.17) is 21.3 Å². The molecule has 2 aromatic heterocycles. The highest BCUT2D eigenvalue weighted by atomic mass is 32.2. The lowest BCUT2D eigenvalue weighted by Gasteiger charge is -2.16. The molecule has 1 fully saturated rings. The number of carbonyl (C=O) groups is 1. The van der Waals surface area contributed by atoms with Crippen LogP contribution in [-0.4, -0.2) is 95.9 Å². The summed E-state index contributed by atoms with van der Waals surface area (Å²) >= 11 is 0. The molecule has 3 heterocycles. The maximum atomic E-state index is 10.8. The smallest absolute Gasteiger partial charge is 0.320 e. The number of carboxylic acids is 1. The summed E-state index contributed by atoms with van der Waals surface area (Å²) in [6.07, 6.45) is 1.31. The van der Waals surface area contributed by atoms with Gasteiger partial charge in [-0.25, -0.2) is 23.4 Å². The molecule has 0 spiro atoms. The van der Waals surface area contributed by atoms with Crippen molar-refractivity contribution in [3.05, 3.63) is 42.5 Å². The molecule has 6 atom stereocenters. The van der Waals surface area contributed by atoms with Crippen LogP contribution in [0.15, 0.2) is 41.8 Å². The Balaban J connectivity index is 0.000000304. The van der Waals surface area contributed by atoms with Crippen LogP contribution in [-0.2, 0) is 30.5 Å². The molecule has 0 radical (unpaired) electrons. The maximum absolute atomic E-state index is 10.8. The third-order valence-corrected chi connectivity index (χ3v) is 8.53. The number of aryl methyl sites for hydroxylation is 1. The first-order valence-electron chi connectivity index (χ1n) is 11.3. The summed E-state index contributed by atoms with van der Waals surface area (Å²) in [7, 11) is -4.50. The SMILES string of the molecule is C[S+](CC[C@@H](N)C(=O)O)C[C@@H]1O[C@H](n2cnc3c(N)ncnc32)[C@@H](O)[C@H]1O.Cc1ccc(S(=O)(=O)[O-])cc1. The lowest BCUT2D eigenvalue weighted by Crippen LogP contribution is -2.37. The molecule has 0 saturated carbocycles. The number of rotatable bonds is 8. The van der Waals surface area contributed by atoms with Gasteiger partial charge in [0.2, 0.25) is 0 Å². The average Bonchev–Trinajstić information content (AvgIpc) is 3.40. The van der Waals surface area contributed by atoms with E-state index < -0.39 is 46.7 Å². The van der Waals surface area contributed by atoms with Gasteiger partial charge in [-0.1, -0.05) is 17.7 Å². The molecule has 208 valence electrons. The van der Waals surface area contributed by atoms with Crippen molar-refractivity contribution in [2.75, 3.05) is 23.5 Å². The Morgan fingerprint density at radius 3 is 2.47 bits per heavy atom. The first-order chi connectivity index (χ1) is 17.8. The summed E-state index contributed by atoms with van der Waals surface area (Å²) in [5, 5.41) is 29.7. The molecule has 1 aromatic carbocycles. The molecule has 0 aliphatic carbocycles. The molecule has 1 aliphatic heterocycles. The molecule has 0 amide bonds. The lowest BCUT2D eigenvalue weighted by molar-refractivity contribution is -0.138. The number of hydrogen-bond donors (Lipinski definition) is 5. The van der Waals surface area contributed by atoms with Crippen LogP contribution >= 0.6 is 0 Å². The monoisotopic (exact) mass is 570 g/mol. The third kappa shape index (κ3) is 7.16. The van der Waals surface area contributed by atoms with Gasteiger partial charge >= 0.3 is 5.97 Å². The van der Waals surface area contributed by atoms with Crippen molar-refractivity contribution in [2.24, 2.45) is 5.73 Å². The van der Waals surface area contributed by atoms with Crippen LogP contribution in [0.5, 0.6) is 0 Å². The van der Waals surface area contributed by atoms with Gasteiger partial charge in [0.25, 0.3) is 0 Å². The van der Waals surface area contributed by atoms with Crippen molar-refractivity contribution in [3.8, 4) is 0 Å². The number of benzene rings is 1. The number of nitrogen functional groups attached to an aromatic ring is 1. The van der Waals surface area contributed by atoms with E-state index in [1.54, 1.807) is 12.1 Å². The molecule has 1 unspecified atom stereocenters. The minimum atomic E-state index is -4.27. The molecular weight excluding hydrogens is 540 g/mol. The number of aliphatic hydroxyl groups excluding tert-OH is 2. The van der Waals surface area contributed by atoms with Crippen LogP contribution in [0, 0.1) is 6.92 Å². The van der Waals surface area contributed by atoms with Gasteiger partial charge in [-0.05, 0) is 30.0 Å². The third-order valence-electron chi connectivity index (χ3n) is 5.85. The van der Waals surface area contributed by atoms with E-state index in [0.717, 1.165) is 5.56 Å². The lowest BCUT2D eigenvalue weighted by atomic mass is 10.1. The molecule has 16 heteroatoms. The van der Waals surface area contributed by atoms with Crippen LogP contribution in [0.3, 0.4) is 0 Å². The van der Waals surface area contributed by atoms with Gasteiger partial charge in [-0.15, -0.1) is 0 Å². The van der Waals surface area contributed by atoms with Gasteiger partial charge in [-0.3, -0.25) is 9.36 Å². The minimum absolute atomic E-state index is 0.178. The Labute approximate surface area is 221 Å². The van der Waals surface area contributed by atoms with E-state index in [9.17, 15) is 28.0 Å². The van der Waals surface area contributed by atoms with Gasteiger partial charge in [-0.2, -0.15) is 0 Å². The quantitative estimate of drug-likeness (QED) is 0.161. The zero-order chi connectivity index (χ0) is 28.2. The Bertz CT molecular complexity index is 1350. The largest absolute Gasteiger partial charge is 0.744 e.